The van der Waals surface area contributed by atoms with Crippen LogP contribution in [0.15, 0.2) is 28.7 Å². The normalized spacial score (nSPS) is 23.4. The molecule has 0 unspecified atom stereocenters. The molecule has 1 aliphatic rings. The Morgan fingerprint density at radius 2 is 2.24 bits per heavy atom. The summed E-state index contributed by atoms with van der Waals surface area (Å²) in [6.45, 7) is 4.06. The van der Waals surface area contributed by atoms with Gasteiger partial charge in [0, 0.05) is 10.5 Å². The third kappa shape index (κ3) is 4.09. The Kier molecular flexibility index (Phi) is 5.01. The summed E-state index contributed by atoms with van der Waals surface area (Å²) in [7, 11) is 0. The molecule has 1 saturated carbocycles. The van der Waals surface area contributed by atoms with Crippen LogP contribution in [0.2, 0.25) is 0 Å². The standard InChI is InChI=1S/C14H20BrNO/c1-2-6-16-13-8-14(9-13)17-10-11-4-3-5-12(15)7-11/h3-5,7,13-14,16H,2,6,8-10H2,1H3. The quantitative estimate of drug-likeness (QED) is 0.868. The molecule has 1 aliphatic carbocycles. The van der Waals surface area contributed by atoms with E-state index in [0.717, 1.165) is 30.5 Å². The van der Waals surface area contributed by atoms with E-state index in [2.05, 4.69) is 46.4 Å². The molecule has 0 aliphatic heterocycles. The van der Waals surface area contributed by atoms with Crippen LogP contribution in [0.5, 0.6) is 0 Å². The molecule has 0 bridgehead atoms. The van der Waals surface area contributed by atoms with E-state index >= 15 is 0 Å². The van der Waals surface area contributed by atoms with Crippen LogP contribution in [0.1, 0.15) is 31.7 Å². The number of hydrogen-bond acceptors (Lipinski definition) is 2. The van der Waals surface area contributed by atoms with Gasteiger partial charge in [0.05, 0.1) is 12.7 Å². The molecule has 0 amide bonds. The summed E-state index contributed by atoms with van der Waals surface area (Å²) in [6, 6.07) is 9.00. The molecule has 0 aromatic heterocycles. The number of hydrogen-bond donors (Lipinski definition) is 1. The minimum atomic E-state index is 0.448. The van der Waals surface area contributed by atoms with Gasteiger partial charge in [-0.25, -0.2) is 0 Å². The first-order valence-corrected chi connectivity index (χ1v) is 7.16. The summed E-state index contributed by atoms with van der Waals surface area (Å²) < 4.78 is 6.99. The topological polar surface area (TPSA) is 21.3 Å². The lowest BCUT2D eigenvalue weighted by molar-refractivity contribution is -0.0264. The van der Waals surface area contributed by atoms with Crippen LogP contribution >= 0.6 is 15.9 Å². The Morgan fingerprint density at radius 1 is 1.41 bits per heavy atom. The molecule has 1 fully saturated rings. The van der Waals surface area contributed by atoms with Gasteiger partial charge in [-0.05, 0) is 43.5 Å². The molecule has 17 heavy (non-hydrogen) atoms. The third-order valence-corrected chi connectivity index (χ3v) is 3.65. The average Bonchev–Trinajstić information content (AvgIpc) is 2.26. The maximum atomic E-state index is 5.87. The van der Waals surface area contributed by atoms with Gasteiger partial charge in [-0.1, -0.05) is 35.0 Å². The van der Waals surface area contributed by atoms with Gasteiger partial charge in [0.2, 0.25) is 0 Å². The van der Waals surface area contributed by atoms with Gasteiger partial charge in [-0.15, -0.1) is 0 Å². The molecule has 3 heteroatoms. The first kappa shape index (κ1) is 13.1. The highest BCUT2D eigenvalue weighted by molar-refractivity contribution is 9.10. The maximum Gasteiger partial charge on any atom is 0.0721 e. The Bertz CT molecular complexity index is 350. The van der Waals surface area contributed by atoms with E-state index in [9.17, 15) is 0 Å². The SMILES string of the molecule is CCCNC1CC(OCc2cccc(Br)c2)C1. The van der Waals surface area contributed by atoms with Crippen molar-refractivity contribution in [1.29, 1.82) is 0 Å². The molecule has 0 heterocycles. The number of ether oxygens (including phenoxy) is 1. The fourth-order valence-electron chi connectivity index (χ4n) is 2.06. The average molecular weight is 298 g/mol. The van der Waals surface area contributed by atoms with E-state index in [0.29, 0.717) is 12.1 Å². The van der Waals surface area contributed by atoms with Crippen molar-refractivity contribution in [3.8, 4) is 0 Å². The monoisotopic (exact) mass is 297 g/mol. The largest absolute Gasteiger partial charge is 0.373 e. The van der Waals surface area contributed by atoms with Crippen molar-refractivity contribution in [3.63, 3.8) is 0 Å². The van der Waals surface area contributed by atoms with E-state index in [4.69, 9.17) is 4.74 Å². The van der Waals surface area contributed by atoms with E-state index < -0.39 is 0 Å². The zero-order chi connectivity index (χ0) is 12.1. The predicted octanol–water partition coefficient (Wildman–Crippen LogP) is 3.50. The second-order valence-electron chi connectivity index (χ2n) is 4.69. The maximum absolute atomic E-state index is 5.87. The molecule has 94 valence electrons. The Balaban J connectivity index is 1.64. The van der Waals surface area contributed by atoms with Gasteiger partial charge < -0.3 is 10.1 Å². The van der Waals surface area contributed by atoms with Crippen molar-refractivity contribution in [1.82, 2.24) is 5.32 Å². The molecule has 1 aromatic rings. The molecule has 2 nitrogen and oxygen atoms in total. The van der Waals surface area contributed by atoms with Crippen LogP contribution in [0.3, 0.4) is 0 Å². The van der Waals surface area contributed by atoms with Crippen LogP contribution < -0.4 is 5.32 Å². The number of halogens is 1. The molecule has 1 N–H and O–H groups in total. The summed E-state index contributed by atoms with van der Waals surface area (Å²) in [4.78, 5) is 0. The van der Waals surface area contributed by atoms with Gasteiger partial charge in [0.15, 0.2) is 0 Å². The molecular formula is C14H20BrNO. The van der Waals surface area contributed by atoms with Crippen LogP contribution in [-0.2, 0) is 11.3 Å². The summed E-state index contributed by atoms with van der Waals surface area (Å²) in [5, 5.41) is 3.52. The lowest BCUT2D eigenvalue weighted by Gasteiger charge is -2.35. The number of nitrogens with one attached hydrogen (secondary N) is 1. The minimum absolute atomic E-state index is 0.448. The molecular weight excluding hydrogens is 278 g/mol. The molecule has 0 radical (unpaired) electrons. The Hall–Kier alpha value is -0.380. The summed E-state index contributed by atoms with van der Waals surface area (Å²) in [5.41, 5.74) is 1.24. The first-order valence-electron chi connectivity index (χ1n) is 6.37. The van der Waals surface area contributed by atoms with Gasteiger partial charge >= 0.3 is 0 Å². The molecule has 0 saturated heterocycles. The third-order valence-electron chi connectivity index (χ3n) is 3.15. The van der Waals surface area contributed by atoms with Gasteiger partial charge in [-0.2, -0.15) is 0 Å². The smallest absolute Gasteiger partial charge is 0.0721 e. The Morgan fingerprint density at radius 3 is 2.94 bits per heavy atom. The van der Waals surface area contributed by atoms with Crippen LogP contribution in [0.4, 0.5) is 0 Å². The van der Waals surface area contributed by atoms with Crippen LogP contribution in [-0.4, -0.2) is 18.7 Å². The lowest BCUT2D eigenvalue weighted by atomic mass is 9.89. The molecule has 0 atom stereocenters. The van der Waals surface area contributed by atoms with Gasteiger partial charge in [0.1, 0.15) is 0 Å². The van der Waals surface area contributed by atoms with Crippen molar-refractivity contribution >= 4 is 15.9 Å². The molecule has 2 rings (SSSR count). The first-order chi connectivity index (χ1) is 8.28. The highest BCUT2D eigenvalue weighted by atomic mass is 79.9. The fraction of sp³-hybridized carbons (Fsp3) is 0.571. The van der Waals surface area contributed by atoms with Gasteiger partial charge in [0.25, 0.3) is 0 Å². The lowest BCUT2D eigenvalue weighted by Crippen LogP contribution is -2.45. The summed E-state index contributed by atoms with van der Waals surface area (Å²) in [5.74, 6) is 0. The summed E-state index contributed by atoms with van der Waals surface area (Å²) in [6.07, 6.45) is 3.98. The Labute approximate surface area is 112 Å². The minimum Gasteiger partial charge on any atom is -0.373 e. The summed E-state index contributed by atoms with van der Waals surface area (Å²) >= 11 is 3.47. The second-order valence-corrected chi connectivity index (χ2v) is 5.60. The number of benzene rings is 1. The van der Waals surface area contributed by atoms with E-state index in [1.807, 2.05) is 6.07 Å². The highest BCUT2D eigenvalue weighted by Crippen LogP contribution is 2.24. The zero-order valence-electron chi connectivity index (χ0n) is 10.3. The zero-order valence-corrected chi connectivity index (χ0v) is 11.9. The van der Waals surface area contributed by atoms with Crippen molar-refractivity contribution in [2.75, 3.05) is 6.54 Å². The van der Waals surface area contributed by atoms with Crippen molar-refractivity contribution < 1.29 is 4.74 Å². The van der Waals surface area contributed by atoms with Crippen molar-refractivity contribution in [2.24, 2.45) is 0 Å². The highest BCUT2D eigenvalue weighted by Gasteiger charge is 2.28. The van der Waals surface area contributed by atoms with Crippen molar-refractivity contribution in [3.05, 3.63) is 34.3 Å². The van der Waals surface area contributed by atoms with E-state index in [1.54, 1.807) is 0 Å². The van der Waals surface area contributed by atoms with Crippen LogP contribution in [0.25, 0.3) is 0 Å². The fourth-order valence-corrected chi connectivity index (χ4v) is 2.50. The predicted molar refractivity (Wildman–Crippen MR) is 74.0 cm³/mol. The van der Waals surface area contributed by atoms with Gasteiger partial charge in [-0.3, -0.25) is 0 Å². The molecule has 1 aromatic carbocycles. The molecule has 0 spiro atoms. The van der Waals surface area contributed by atoms with E-state index in [1.165, 1.54) is 12.0 Å². The van der Waals surface area contributed by atoms with Crippen molar-refractivity contribution in [2.45, 2.75) is 44.9 Å². The second kappa shape index (κ2) is 6.53. The van der Waals surface area contributed by atoms with Crippen LogP contribution in [0, 0.1) is 0 Å². The number of rotatable bonds is 6. The van der Waals surface area contributed by atoms with E-state index in [-0.39, 0.29) is 0 Å².